The zero-order valence-corrected chi connectivity index (χ0v) is 14.1. The van der Waals surface area contributed by atoms with E-state index in [0.29, 0.717) is 0 Å². The summed E-state index contributed by atoms with van der Waals surface area (Å²) in [6.07, 6.45) is 0. The Morgan fingerprint density at radius 2 is 1.38 bits per heavy atom. The van der Waals surface area contributed by atoms with Crippen LogP contribution in [-0.2, 0) is 8.85 Å². The third-order valence-corrected chi connectivity index (χ3v) is 8.39. The molecule has 0 aliphatic carbocycles. The van der Waals surface area contributed by atoms with Crippen molar-refractivity contribution < 1.29 is 8.85 Å². The van der Waals surface area contributed by atoms with Crippen LogP contribution in [0.3, 0.4) is 0 Å². The summed E-state index contributed by atoms with van der Waals surface area (Å²) in [5, 5.41) is 0. The van der Waals surface area contributed by atoms with E-state index in [1.165, 1.54) is 0 Å². The molecule has 0 spiro atoms. The number of hydrogen-bond donors (Lipinski definition) is 0. The van der Waals surface area contributed by atoms with Gasteiger partial charge in [-0.3, -0.25) is 0 Å². The van der Waals surface area contributed by atoms with Crippen molar-refractivity contribution in [2.45, 2.75) is 46.1 Å². The Bertz CT molecular complexity index is 189. The molecule has 0 radical (unpaired) electrons. The highest BCUT2D eigenvalue weighted by Gasteiger charge is 2.32. The summed E-state index contributed by atoms with van der Waals surface area (Å²) >= 11 is 0. The molecule has 0 amide bonds. The highest BCUT2D eigenvalue weighted by Crippen LogP contribution is 2.16. The molecule has 3 nitrogen and oxygen atoms in total. The Kier molecular flexibility index (Phi) is 7.04. The second-order valence-corrected chi connectivity index (χ2v) is 13.8. The first-order chi connectivity index (χ1) is 7.25. The lowest BCUT2D eigenvalue weighted by Crippen LogP contribution is -2.48. The summed E-state index contributed by atoms with van der Waals surface area (Å²) in [5.74, 6) is 0. The van der Waals surface area contributed by atoms with Gasteiger partial charge in [-0.05, 0) is 34.0 Å². The summed E-state index contributed by atoms with van der Waals surface area (Å²) in [6.45, 7) is 16.0. The molecule has 0 bridgehead atoms. The van der Waals surface area contributed by atoms with Crippen LogP contribution in [0.25, 0.3) is 0 Å². The van der Waals surface area contributed by atoms with Gasteiger partial charge in [0.25, 0.3) is 0 Å². The number of hydrogen-bond acceptors (Lipinski definition) is 3. The van der Waals surface area contributed by atoms with E-state index in [-0.39, 0.29) is 0 Å². The van der Waals surface area contributed by atoms with E-state index >= 15 is 0 Å². The van der Waals surface area contributed by atoms with E-state index in [4.69, 9.17) is 8.85 Å². The Labute approximate surface area is 103 Å². The van der Waals surface area contributed by atoms with Crippen molar-refractivity contribution in [3.05, 3.63) is 0 Å². The molecule has 0 aromatic heterocycles. The van der Waals surface area contributed by atoms with Crippen molar-refractivity contribution in [1.82, 2.24) is 4.57 Å². The monoisotopic (exact) mass is 263 g/mol. The van der Waals surface area contributed by atoms with Gasteiger partial charge in [-0.2, -0.15) is 0 Å². The molecular formula is C11H29NO2Si2. The largest absolute Gasteiger partial charge is 0.395 e. The molecule has 0 saturated carbocycles. The van der Waals surface area contributed by atoms with Crippen molar-refractivity contribution in [1.29, 1.82) is 0 Å². The molecule has 0 rings (SSSR count). The van der Waals surface area contributed by atoms with Crippen LogP contribution in [0.1, 0.15) is 13.8 Å². The predicted molar refractivity (Wildman–Crippen MR) is 75.7 cm³/mol. The van der Waals surface area contributed by atoms with Crippen molar-refractivity contribution in [3.63, 3.8) is 0 Å². The molecular weight excluding hydrogens is 234 g/mol. The fourth-order valence-corrected chi connectivity index (χ4v) is 4.84. The van der Waals surface area contributed by atoms with Gasteiger partial charge >= 0.3 is 8.56 Å². The van der Waals surface area contributed by atoms with Crippen molar-refractivity contribution in [3.8, 4) is 0 Å². The molecule has 0 unspecified atom stereocenters. The van der Waals surface area contributed by atoms with Gasteiger partial charge in [0.2, 0.25) is 0 Å². The van der Waals surface area contributed by atoms with Gasteiger partial charge in [0, 0.05) is 19.3 Å². The first kappa shape index (κ1) is 16.3. The average molecular weight is 264 g/mol. The van der Waals surface area contributed by atoms with Crippen LogP contribution in [0.4, 0.5) is 0 Å². The standard InChI is InChI=1S/C11H29NO2Si2/c1-8-13-16(7,14-9-2)11-10-12(3)15(4,5)6/h8-11H2,1-7H3. The molecule has 0 fully saturated rings. The van der Waals surface area contributed by atoms with Crippen LogP contribution in [0, 0.1) is 0 Å². The van der Waals surface area contributed by atoms with Crippen LogP contribution in [0.15, 0.2) is 0 Å². The molecule has 0 aliphatic heterocycles. The lowest BCUT2D eigenvalue weighted by atomic mass is 10.8. The maximum Gasteiger partial charge on any atom is 0.336 e. The quantitative estimate of drug-likeness (QED) is 0.629. The fraction of sp³-hybridized carbons (Fsp3) is 1.00. The van der Waals surface area contributed by atoms with E-state index in [9.17, 15) is 0 Å². The third kappa shape index (κ3) is 6.15. The summed E-state index contributed by atoms with van der Waals surface area (Å²) in [6, 6.07) is 1.06. The molecule has 0 N–H and O–H groups in total. The predicted octanol–water partition coefficient (Wildman–Crippen LogP) is 2.90. The lowest BCUT2D eigenvalue weighted by molar-refractivity contribution is 0.187. The molecule has 98 valence electrons. The Balaban J connectivity index is 4.21. The van der Waals surface area contributed by atoms with Gasteiger partial charge in [-0.25, -0.2) is 0 Å². The topological polar surface area (TPSA) is 21.7 Å². The summed E-state index contributed by atoms with van der Waals surface area (Å²) in [5.41, 5.74) is 0. The molecule has 0 aromatic carbocycles. The first-order valence-electron chi connectivity index (χ1n) is 6.24. The van der Waals surface area contributed by atoms with E-state index < -0.39 is 16.8 Å². The van der Waals surface area contributed by atoms with Crippen LogP contribution in [0.5, 0.6) is 0 Å². The molecule has 5 heteroatoms. The second kappa shape index (κ2) is 6.91. The van der Waals surface area contributed by atoms with Crippen molar-refractivity contribution >= 4 is 16.8 Å². The molecule has 0 saturated heterocycles. The molecule has 16 heavy (non-hydrogen) atoms. The highest BCUT2D eigenvalue weighted by molar-refractivity contribution is 6.73. The lowest BCUT2D eigenvalue weighted by Gasteiger charge is -2.33. The Morgan fingerprint density at radius 3 is 1.69 bits per heavy atom. The summed E-state index contributed by atoms with van der Waals surface area (Å²) < 4.78 is 14.2. The van der Waals surface area contributed by atoms with Gasteiger partial charge in [0.15, 0.2) is 0 Å². The zero-order valence-electron chi connectivity index (χ0n) is 12.1. The van der Waals surface area contributed by atoms with Crippen LogP contribution in [0.2, 0.25) is 32.2 Å². The van der Waals surface area contributed by atoms with Gasteiger partial charge in [0.05, 0.1) is 0 Å². The molecule has 0 atom stereocenters. The normalized spacial score (nSPS) is 13.5. The van der Waals surface area contributed by atoms with E-state index in [1.807, 2.05) is 13.8 Å². The van der Waals surface area contributed by atoms with Crippen LogP contribution in [-0.4, -0.2) is 48.2 Å². The van der Waals surface area contributed by atoms with Crippen LogP contribution < -0.4 is 0 Å². The van der Waals surface area contributed by atoms with Crippen molar-refractivity contribution in [2.75, 3.05) is 26.8 Å². The molecule has 0 aliphatic rings. The second-order valence-electron chi connectivity index (χ2n) is 5.34. The Morgan fingerprint density at radius 1 is 0.938 bits per heavy atom. The number of rotatable bonds is 8. The maximum atomic E-state index is 5.84. The first-order valence-corrected chi connectivity index (χ1v) is 12.2. The van der Waals surface area contributed by atoms with Gasteiger partial charge in [-0.1, -0.05) is 19.6 Å². The smallest absolute Gasteiger partial charge is 0.336 e. The van der Waals surface area contributed by atoms with E-state index in [0.717, 1.165) is 25.8 Å². The maximum absolute atomic E-state index is 5.84. The van der Waals surface area contributed by atoms with Gasteiger partial charge < -0.3 is 13.4 Å². The minimum absolute atomic E-state index is 0.763. The average Bonchev–Trinajstić information content (AvgIpc) is 2.13. The van der Waals surface area contributed by atoms with Crippen molar-refractivity contribution in [2.24, 2.45) is 0 Å². The number of nitrogens with zero attached hydrogens (tertiary/aromatic N) is 1. The fourth-order valence-electron chi connectivity index (χ4n) is 1.50. The minimum atomic E-state index is -1.91. The SMILES string of the molecule is CCO[Si](C)(CCN(C)[Si](C)(C)C)OCC. The van der Waals surface area contributed by atoms with Crippen LogP contribution >= 0.6 is 0 Å². The summed E-state index contributed by atoms with van der Waals surface area (Å²) in [7, 11) is -0.851. The molecule has 0 heterocycles. The van der Waals surface area contributed by atoms with Gasteiger partial charge in [0.1, 0.15) is 8.24 Å². The Hall–Kier alpha value is 0.314. The summed E-state index contributed by atoms with van der Waals surface area (Å²) in [4.78, 5) is 0. The minimum Gasteiger partial charge on any atom is -0.395 e. The van der Waals surface area contributed by atoms with Gasteiger partial charge in [-0.15, -0.1) is 0 Å². The molecule has 0 aromatic rings. The van der Waals surface area contributed by atoms with E-state index in [2.05, 4.69) is 37.8 Å². The van der Waals surface area contributed by atoms with E-state index in [1.54, 1.807) is 0 Å². The zero-order chi connectivity index (χ0) is 12.8. The highest BCUT2D eigenvalue weighted by atomic mass is 28.4. The third-order valence-electron chi connectivity index (χ3n) is 2.95.